The normalized spacial score (nSPS) is 22.5. The molecule has 126 valence electrons. The summed E-state index contributed by atoms with van der Waals surface area (Å²) in [6.07, 6.45) is 2.75. The summed E-state index contributed by atoms with van der Waals surface area (Å²) >= 11 is 0. The maximum atomic E-state index is 12.8. The first-order valence-electron chi connectivity index (χ1n) is 7.64. The van der Waals surface area contributed by atoms with Crippen molar-refractivity contribution in [2.45, 2.75) is 31.6 Å². The molecule has 1 unspecified atom stereocenters. The molecule has 5 nitrogen and oxygen atoms in total. The molecule has 0 spiro atoms. The first-order valence-corrected chi connectivity index (χ1v) is 9.08. The lowest BCUT2D eigenvalue weighted by Gasteiger charge is -2.37. The van der Waals surface area contributed by atoms with E-state index in [0.717, 1.165) is 5.56 Å². The third-order valence-corrected chi connectivity index (χ3v) is 6.00. The number of benzene rings is 1. The highest BCUT2D eigenvalue weighted by molar-refractivity contribution is 7.89. The molecule has 1 fully saturated rings. The highest BCUT2D eigenvalue weighted by Crippen LogP contribution is 2.33. The summed E-state index contributed by atoms with van der Waals surface area (Å²) in [6, 6.07) is 6.75. The van der Waals surface area contributed by atoms with Crippen molar-refractivity contribution in [2.24, 2.45) is 5.41 Å². The Bertz CT molecular complexity index is 681. The molecule has 2 rings (SSSR count). The van der Waals surface area contributed by atoms with Gasteiger partial charge in [0.25, 0.3) is 0 Å². The second-order valence-electron chi connectivity index (χ2n) is 6.20. The Morgan fingerprint density at radius 1 is 1.39 bits per heavy atom. The van der Waals surface area contributed by atoms with Crippen LogP contribution in [-0.2, 0) is 19.6 Å². The average Bonchev–Trinajstić information content (AvgIpc) is 2.53. The maximum Gasteiger partial charge on any atom is 0.313 e. The molecule has 1 saturated heterocycles. The first-order chi connectivity index (χ1) is 10.8. The standard InChI is InChI=1S/C17H23NO4S/c1-4-12-22-16(19)17(3)10-5-11-18(13-17)23(20,21)15-8-6-14(2)7-9-15/h4,6-9H,1,5,10-13H2,2-3H3. The Morgan fingerprint density at radius 2 is 2.04 bits per heavy atom. The van der Waals surface area contributed by atoms with E-state index in [-0.39, 0.29) is 24.0 Å². The number of esters is 1. The van der Waals surface area contributed by atoms with Crippen LogP contribution in [0, 0.1) is 12.3 Å². The maximum absolute atomic E-state index is 12.8. The topological polar surface area (TPSA) is 63.7 Å². The molecule has 1 aliphatic heterocycles. The fourth-order valence-corrected chi connectivity index (χ4v) is 4.34. The van der Waals surface area contributed by atoms with Crippen LogP contribution >= 0.6 is 0 Å². The van der Waals surface area contributed by atoms with E-state index in [1.54, 1.807) is 31.2 Å². The number of piperidine rings is 1. The van der Waals surface area contributed by atoms with E-state index >= 15 is 0 Å². The molecule has 0 aliphatic carbocycles. The van der Waals surface area contributed by atoms with E-state index in [4.69, 9.17) is 4.74 Å². The summed E-state index contributed by atoms with van der Waals surface area (Å²) in [7, 11) is -3.60. The van der Waals surface area contributed by atoms with Crippen molar-refractivity contribution >= 4 is 16.0 Å². The number of hydrogen-bond acceptors (Lipinski definition) is 4. The Morgan fingerprint density at radius 3 is 2.65 bits per heavy atom. The lowest BCUT2D eigenvalue weighted by Crippen LogP contribution is -2.48. The Labute approximate surface area is 138 Å². The zero-order valence-corrected chi connectivity index (χ0v) is 14.4. The molecule has 23 heavy (non-hydrogen) atoms. The molecular weight excluding hydrogens is 314 g/mol. The minimum absolute atomic E-state index is 0.138. The van der Waals surface area contributed by atoms with E-state index in [1.807, 2.05) is 6.92 Å². The van der Waals surface area contributed by atoms with Crippen molar-refractivity contribution in [2.75, 3.05) is 19.7 Å². The van der Waals surface area contributed by atoms with Crippen molar-refractivity contribution in [3.8, 4) is 0 Å². The number of carbonyl (C=O) groups is 1. The van der Waals surface area contributed by atoms with E-state index in [9.17, 15) is 13.2 Å². The van der Waals surface area contributed by atoms with Gasteiger partial charge in [-0.1, -0.05) is 30.4 Å². The van der Waals surface area contributed by atoms with E-state index in [0.29, 0.717) is 19.4 Å². The van der Waals surface area contributed by atoms with Gasteiger partial charge in [0.2, 0.25) is 10.0 Å². The number of carbonyl (C=O) groups excluding carboxylic acids is 1. The fourth-order valence-electron chi connectivity index (χ4n) is 2.73. The van der Waals surface area contributed by atoms with Crippen molar-refractivity contribution < 1.29 is 17.9 Å². The molecule has 1 atom stereocenters. The number of nitrogens with zero attached hydrogens (tertiary/aromatic N) is 1. The smallest absolute Gasteiger partial charge is 0.313 e. The Balaban J connectivity index is 2.21. The molecule has 6 heteroatoms. The monoisotopic (exact) mass is 337 g/mol. The molecule has 1 heterocycles. The highest BCUT2D eigenvalue weighted by Gasteiger charge is 2.42. The lowest BCUT2D eigenvalue weighted by atomic mass is 9.83. The summed E-state index contributed by atoms with van der Waals surface area (Å²) < 4.78 is 32.1. The van der Waals surface area contributed by atoms with E-state index in [1.165, 1.54) is 10.4 Å². The van der Waals surface area contributed by atoms with Gasteiger partial charge in [-0.3, -0.25) is 4.79 Å². The first kappa shape index (κ1) is 17.7. The van der Waals surface area contributed by atoms with E-state index < -0.39 is 15.4 Å². The van der Waals surface area contributed by atoms with Gasteiger partial charge in [-0.05, 0) is 38.8 Å². The van der Waals surface area contributed by atoms with Crippen LogP contribution in [0.15, 0.2) is 41.8 Å². The fraction of sp³-hybridized carbons (Fsp3) is 0.471. The van der Waals surface area contributed by atoms with Gasteiger partial charge in [-0.15, -0.1) is 0 Å². The SMILES string of the molecule is C=CCOC(=O)C1(C)CCCN(S(=O)(=O)c2ccc(C)cc2)C1. The van der Waals surface area contributed by atoms with Gasteiger partial charge < -0.3 is 4.74 Å². The van der Waals surface area contributed by atoms with Crippen LogP contribution in [0.1, 0.15) is 25.3 Å². The van der Waals surface area contributed by atoms with Crippen LogP contribution in [-0.4, -0.2) is 38.4 Å². The van der Waals surface area contributed by atoms with Gasteiger partial charge in [0.15, 0.2) is 0 Å². The largest absolute Gasteiger partial charge is 0.461 e. The lowest BCUT2D eigenvalue weighted by molar-refractivity contribution is -0.155. The zero-order chi connectivity index (χ0) is 17.1. The quantitative estimate of drug-likeness (QED) is 0.612. The van der Waals surface area contributed by atoms with Crippen LogP contribution in [0.4, 0.5) is 0 Å². The van der Waals surface area contributed by atoms with Crippen LogP contribution in [0.2, 0.25) is 0 Å². The van der Waals surface area contributed by atoms with Crippen molar-refractivity contribution in [1.82, 2.24) is 4.31 Å². The molecular formula is C17H23NO4S. The number of sulfonamides is 1. The molecule has 0 aromatic heterocycles. The number of hydrogen-bond donors (Lipinski definition) is 0. The minimum Gasteiger partial charge on any atom is -0.461 e. The van der Waals surface area contributed by atoms with Crippen LogP contribution in [0.5, 0.6) is 0 Å². The van der Waals surface area contributed by atoms with Gasteiger partial charge in [0.1, 0.15) is 6.61 Å². The van der Waals surface area contributed by atoms with E-state index in [2.05, 4.69) is 6.58 Å². The average molecular weight is 337 g/mol. The molecule has 0 N–H and O–H groups in total. The Kier molecular flexibility index (Phi) is 5.26. The summed E-state index contributed by atoms with van der Waals surface area (Å²) in [5, 5.41) is 0. The van der Waals surface area contributed by atoms with Crippen molar-refractivity contribution in [3.05, 3.63) is 42.5 Å². The molecule has 1 aromatic rings. The molecule has 0 amide bonds. The number of ether oxygens (including phenoxy) is 1. The predicted octanol–water partition coefficient (Wildman–Crippen LogP) is 2.52. The van der Waals surface area contributed by atoms with Crippen LogP contribution in [0.25, 0.3) is 0 Å². The predicted molar refractivity (Wildman–Crippen MR) is 88.4 cm³/mol. The molecule has 0 radical (unpaired) electrons. The second-order valence-corrected chi connectivity index (χ2v) is 8.14. The van der Waals surface area contributed by atoms with Gasteiger partial charge in [-0.2, -0.15) is 4.31 Å². The molecule has 0 saturated carbocycles. The minimum atomic E-state index is -3.60. The number of aryl methyl sites for hydroxylation is 1. The van der Waals surface area contributed by atoms with Crippen molar-refractivity contribution in [1.29, 1.82) is 0 Å². The summed E-state index contributed by atoms with van der Waals surface area (Å²) in [4.78, 5) is 12.5. The van der Waals surface area contributed by atoms with Crippen LogP contribution in [0.3, 0.4) is 0 Å². The van der Waals surface area contributed by atoms with Gasteiger partial charge in [0, 0.05) is 13.1 Å². The van der Waals surface area contributed by atoms with Gasteiger partial charge >= 0.3 is 5.97 Å². The summed E-state index contributed by atoms with van der Waals surface area (Å²) in [6.45, 7) is 7.88. The molecule has 0 bridgehead atoms. The number of rotatable bonds is 5. The zero-order valence-electron chi connectivity index (χ0n) is 13.6. The van der Waals surface area contributed by atoms with Crippen molar-refractivity contribution in [3.63, 3.8) is 0 Å². The molecule has 1 aromatic carbocycles. The Hall–Kier alpha value is -1.66. The summed E-state index contributed by atoms with van der Waals surface area (Å²) in [5.74, 6) is -0.374. The highest BCUT2D eigenvalue weighted by atomic mass is 32.2. The second kappa shape index (κ2) is 6.84. The van der Waals surface area contributed by atoms with Gasteiger partial charge in [-0.25, -0.2) is 8.42 Å². The third kappa shape index (κ3) is 3.82. The molecule has 1 aliphatic rings. The van der Waals surface area contributed by atoms with Crippen LogP contribution < -0.4 is 0 Å². The third-order valence-electron chi connectivity index (χ3n) is 4.15. The van der Waals surface area contributed by atoms with Gasteiger partial charge in [0.05, 0.1) is 10.3 Å². The summed E-state index contributed by atoms with van der Waals surface area (Å²) in [5.41, 5.74) is 0.180.